The quantitative estimate of drug-likeness (QED) is 0.847. The molecule has 0 saturated heterocycles. The van der Waals surface area contributed by atoms with Gasteiger partial charge >= 0.3 is 0 Å². The number of ketones is 1. The molecule has 0 heterocycles. The second-order valence-corrected chi connectivity index (χ2v) is 5.63. The van der Waals surface area contributed by atoms with Crippen molar-refractivity contribution in [1.82, 2.24) is 0 Å². The maximum absolute atomic E-state index is 13.3. The molecule has 0 amide bonds. The highest BCUT2D eigenvalue weighted by Gasteiger charge is 2.36. The third-order valence-corrected chi connectivity index (χ3v) is 3.68. The Labute approximate surface area is 123 Å². The van der Waals surface area contributed by atoms with Crippen LogP contribution in [-0.2, 0) is 0 Å². The Morgan fingerprint density at radius 3 is 2.48 bits per heavy atom. The second kappa shape index (κ2) is 5.66. The first-order valence-electron chi connectivity index (χ1n) is 6.67. The molecule has 0 radical (unpaired) electrons. The number of carbonyl (C=O) groups excluding carboxylic acids is 1. The molecule has 0 aliphatic carbocycles. The number of halogens is 1. The van der Waals surface area contributed by atoms with Gasteiger partial charge in [0.1, 0.15) is 11.6 Å². The van der Waals surface area contributed by atoms with Crippen molar-refractivity contribution >= 4 is 5.78 Å². The summed E-state index contributed by atoms with van der Waals surface area (Å²) in [5.74, 6) is -0.560. The van der Waals surface area contributed by atoms with E-state index in [9.17, 15) is 14.3 Å². The van der Waals surface area contributed by atoms with E-state index in [1.807, 2.05) is 0 Å². The number of carbonyl (C=O) groups is 1. The first kappa shape index (κ1) is 15.2. The van der Waals surface area contributed by atoms with Crippen molar-refractivity contribution < 1.29 is 14.3 Å². The zero-order valence-electron chi connectivity index (χ0n) is 12.0. The normalized spacial score (nSPS) is 13.0. The van der Waals surface area contributed by atoms with E-state index in [0.717, 1.165) is 0 Å². The standard InChI is InChI=1S/C17H18FNO2/c1-17(2,15(19)11-5-3-7-13(18)9-11)16(21)12-6-4-8-14(20)10-12/h3-10,15,20H,19H2,1-2H3. The highest BCUT2D eigenvalue weighted by Crippen LogP contribution is 2.35. The molecule has 3 nitrogen and oxygen atoms in total. The number of rotatable bonds is 4. The minimum Gasteiger partial charge on any atom is -0.508 e. The van der Waals surface area contributed by atoms with E-state index in [1.165, 1.54) is 24.3 Å². The van der Waals surface area contributed by atoms with Crippen LogP contribution in [0.1, 0.15) is 35.8 Å². The van der Waals surface area contributed by atoms with Crippen LogP contribution < -0.4 is 5.73 Å². The van der Waals surface area contributed by atoms with Crippen molar-refractivity contribution in [2.24, 2.45) is 11.1 Å². The molecule has 2 aromatic rings. The molecule has 21 heavy (non-hydrogen) atoms. The number of phenols is 1. The molecule has 0 aliphatic rings. The summed E-state index contributed by atoms with van der Waals surface area (Å²) in [7, 11) is 0. The SMILES string of the molecule is CC(C)(C(=O)c1cccc(O)c1)C(N)c1cccc(F)c1. The van der Waals surface area contributed by atoms with Crippen molar-refractivity contribution in [3.8, 4) is 5.75 Å². The molecule has 1 atom stereocenters. The monoisotopic (exact) mass is 287 g/mol. The average molecular weight is 287 g/mol. The van der Waals surface area contributed by atoms with E-state index >= 15 is 0 Å². The lowest BCUT2D eigenvalue weighted by Gasteiger charge is -2.30. The lowest BCUT2D eigenvalue weighted by atomic mass is 9.75. The van der Waals surface area contributed by atoms with Gasteiger partial charge in [-0.3, -0.25) is 4.79 Å². The molecule has 4 heteroatoms. The minimum absolute atomic E-state index is 0.0241. The number of aromatic hydroxyl groups is 1. The predicted molar refractivity (Wildman–Crippen MR) is 79.5 cm³/mol. The Hall–Kier alpha value is -2.20. The molecule has 0 saturated carbocycles. The van der Waals surface area contributed by atoms with Gasteiger partial charge in [0.05, 0.1) is 0 Å². The van der Waals surface area contributed by atoms with Crippen molar-refractivity contribution in [2.75, 3.05) is 0 Å². The van der Waals surface area contributed by atoms with Crippen LogP contribution in [0.3, 0.4) is 0 Å². The summed E-state index contributed by atoms with van der Waals surface area (Å²) in [6, 6.07) is 11.4. The van der Waals surface area contributed by atoms with Crippen LogP contribution >= 0.6 is 0 Å². The predicted octanol–water partition coefficient (Wildman–Crippen LogP) is 3.44. The van der Waals surface area contributed by atoms with Crippen LogP contribution in [0.2, 0.25) is 0 Å². The van der Waals surface area contributed by atoms with Crippen molar-refractivity contribution in [3.63, 3.8) is 0 Å². The maximum Gasteiger partial charge on any atom is 0.170 e. The van der Waals surface area contributed by atoms with Crippen LogP contribution in [0, 0.1) is 11.2 Å². The molecular weight excluding hydrogens is 269 g/mol. The van der Waals surface area contributed by atoms with E-state index in [2.05, 4.69) is 0 Å². The molecule has 0 bridgehead atoms. The van der Waals surface area contributed by atoms with Crippen LogP contribution in [0.15, 0.2) is 48.5 Å². The summed E-state index contributed by atoms with van der Waals surface area (Å²) in [5.41, 5.74) is 6.18. The molecule has 0 aliphatic heterocycles. The van der Waals surface area contributed by atoms with Gasteiger partial charge in [-0.05, 0) is 29.8 Å². The minimum atomic E-state index is -0.929. The van der Waals surface area contributed by atoms with E-state index < -0.39 is 11.5 Å². The number of benzene rings is 2. The molecule has 0 aromatic heterocycles. The molecule has 2 rings (SSSR count). The molecule has 0 spiro atoms. The summed E-state index contributed by atoms with van der Waals surface area (Å²) >= 11 is 0. The largest absolute Gasteiger partial charge is 0.508 e. The van der Waals surface area contributed by atoms with Crippen LogP contribution in [-0.4, -0.2) is 10.9 Å². The van der Waals surface area contributed by atoms with Crippen LogP contribution in [0.25, 0.3) is 0 Å². The highest BCUT2D eigenvalue weighted by molar-refractivity contribution is 6.00. The molecule has 2 aromatic carbocycles. The van der Waals surface area contributed by atoms with Crippen molar-refractivity contribution in [2.45, 2.75) is 19.9 Å². The van der Waals surface area contributed by atoms with Gasteiger partial charge < -0.3 is 10.8 Å². The van der Waals surface area contributed by atoms with Crippen molar-refractivity contribution in [1.29, 1.82) is 0 Å². The Bertz CT molecular complexity index is 667. The van der Waals surface area contributed by atoms with Gasteiger partial charge in [0.2, 0.25) is 0 Å². The Morgan fingerprint density at radius 2 is 1.86 bits per heavy atom. The average Bonchev–Trinajstić information content (AvgIpc) is 2.45. The first-order chi connectivity index (χ1) is 9.82. The fourth-order valence-electron chi connectivity index (χ4n) is 2.28. The summed E-state index contributed by atoms with van der Waals surface area (Å²) < 4.78 is 13.3. The number of hydrogen-bond acceptors (Lipinski definition) is 3. The van der Waals surface area contributed by atoms with E-state index in [4.69, 9.17) is 5.73 Å². The van der Waals surface area contributed by atoms with E-state index in [1.54, 1.807) is 38.1 Å². The third kappa shape index (κ3) is 3.11. The van der Waals surface area contributed by atoms with E-state index in [0.29, 0.717) is 11.1 Å². The smallest absolute Gasteiger partial charge is 0.170 e. The van der Waals surface area contributed by atoms with E-state index in [-0.39, 0.29) is 17.3 Å². The third-order valence-electron chi connectivity index (χ3n) is 3.68. The summed E-state index contributed by atoms with van der Waals surface area (Å²) in [5, 5.41) is 9.49. The Morgan fingerprint density at radius 1 is 1.19 bits per heavy atom. The summed E-state index contributed by atoms with van der Waals surface area (Å²) in [4.78, 5) is 12.6. The number of nitrogens with two attached hydrogens (primary N) is 1. The first-order valence-corrected chi connectivity index (χ1v) is 6.67. The highest BCUT2D eigenvalue weighted by atomic mass is 19.1. The van der Waals surface area contributed by atoms with Gasteiger partial charge in [0.15, 0.2) is 5.78 Å². The second-order valence-electron chi connectivity index (χ2n) is 5.63. The lowest BCUT2D eigenvalue weighted by Crippen LogP contribution is -2.36. The topological polar surface area (TPSA) is 63.3 Å². The number of Topliss-reactive ketones (excluding diaryl/α,β-unsaturated/α-hetero) is 1. The fourth-order valence-corrected chi connectivity index (χ4v) is 2.28. The molecule has 0 fully saturated rings. The lowest BCUT2D eigenvalue weighted by molar-refractivity contribution is 0.0801. The number of phenolic OH excluding ortho intramolecular Hbond substituents is 1. The van der Waals surface area contributed by atoms with Gasteiger partial charge in [0, 0.05) is 17.0 Å². The fraction of sp³-hybridized carbons (Fsp3) is 0.235. The molecule has 1 unspecified atom stereocenters. The zero-order chi connectivity index (χ0) is 15.6. The van der Waals surface area contributed by atoms with Gasteiger partial charge in [0.25, 0.3) is 0 Å². The summed E-state index contributed by atoms with van der Waals surface area (Å²) in [6.45, 7) is 3.43. The number of hydrogen-bond donors (Lipinski definition) is 2. The van der Waals surface area contributed by atoms with Gasteiger partial charge in [-0.1, -0.05) is 38.1 Å². The Balaban J connectivity index is 2.34. The molecular formula is C17H18FNO2. The van der Waals surface area contributed by atoms with Gasteiger partial charge in [-0.25, -0.2) is 4.39 Å². The molecule has 3 N–H and O–H groups in total. The molecule has 110 valence electrons. The summed E-state index contributed by atoms with van der Waals surface area (Å²) in [6.07, 6.45) is 0. The maximum atomic E-state index is 13.3. The van der Waals surface area contributed by atoms with Crippen LogP contribution in [0.4, 0.5) is 4.39 Å². The van der Waals surface area contributed by atoms with Gasteiger partial charge in [-0.2, -0.15) is 0 Å². The van der Waals surface area contributed by atoms with Crippen molar-refractivity contribution in [3.05, 3.63) is 65.5 Å². The Kier molecular flexibility index (Phi) is 4.09. The van der Waals surface area contributed by atoms with Gasteiger partial charge in [-0.15, -0.1) is 0 Å². The van der Waals surface area contributed by atoms with Crippen LogP contribution in [0.5, 0.6) is 5.75 Å². The zero-order valence-corrected chi connectivity index (χ0v) is 12.0.